The summed E-state index contributed by atoms with van der Waals surface area (Å²) in [6, 6.07) is 7.71. The van der Waals surface area contributed by atoms with E-state index < -0.39 is 17.3 Å². The molecule has 0 unspecified atom stereocenters. The number of benzene rings is 1. The average molecular weight is 430 g/mol. The lowest BCUT2D eigenvalue weighted by Gasteiger charge is -2.33. The van der Waals surface area contributed by atoms with E-state index in [2.05, 4.69) is 27.8 Å². The third kappa shape index (κ3) is 6.23. The zero-order chi connectivity index (χ0) is 22.8. The number of hydrogen-bond donors (Lipinski definition) is 3. The maximum absolute atomic E-state index is 12.6. The van der Waals surface area contributed by atoms with E-state index in [0.717, 1.165) is 24.2 Å². The fraction of sp³-hybridized carbons (Fsp3) is 0.583. The molecule has 0 fully saturated rings. The standard InChI is InChI=1S/C24H35N3O4/c1-23(2,3)30-19(28)12-11-18(27-22(29)31-24(4,5)6)21-20-16(13-14-25-21)15-9-7-8-10-17(15)26-20/h7-10,18,21,25-26H,11-14H2,1-6H3,(H,27,29)/t18-,21+/m0/s1. The van der Waals surface area contributed by atoms with Crippen molar-refractivity contribution in [2.75, 3.05) is 6.54 Å². The number of para-hydroxylation sites is 1. The minimum atomic E-state index is -0.605. The van der Waals surface area contributed by atoms with E-state index in [1.165, 1.54) is 10.9 Å². The molecular formula is C24H35N3O4. The zero-order valence-electron chi connectivity index (χ0n) is 19.4. The summed E-state index contributed by atoms with van der Waals surface area (Å²) in [6.45, 7) is 11.8. The molecule has 31 heavy (non-hydrogen) atoms. The number of aromatic amines is 1. The van der Waals surface area contributed by atoms with Gasteiger partial charge in [-0.15, -0.1) is 0 Å². The number of esters is 1. The summed E-state index contributed by atoms with van der Waals surface area (Å²) in [6.07, 6.45) is 1.04. The van der Waals surface area contributed by atoms with Gasteiger partial charge in [0.25, 0.3) is 0 Å². The predicted molar refractivity (Wildman–Crippen MR) is 121 cm³/mol. The molecule has 1 aliphatic heterocycles. The quantitative estimate of drug-likeness (QED) is 0.614. The van der Waals surface area contributed by atoms with Crippen LogP contribution in [0.15, 0.2) is 24.3 Å². The van der Waals surface area contributed by atoms with Crippen molar-refractivity contribution in [3.63, 3.8) is 0 Å². The molecule has 0 spiro atoms. The van der Waals surface area contributed by atoms with E-state index in [9.17, 15) is 9.59 Å². The Labute approximate surface area is 184 Å². The van der Waals surface area contributed by atoms with Gasteiger partial charge < -0.3 is 25.1 Å². The lowest BCUT2D eigenvalue weighted by Crippen LogP contribution is -2.48. The van der Waals surface area contributed by atoms with Gasteiger partial charge in [-0.25, -0.2) is 4.79 Å². The van der Waals surface area contributed by atoms with Crippen LogP contribution in [0.1, 0.15) is 71.7 Å². The van der Waals surface area contributed by atoms with Crippen LogP contribution in [0.2, 0.25) is 0 Å². The molecule has 7 nitrogen and oxygen atoms in total. The number of alkyl carbamates (subject to hydrolysis) is 1. The normalized spacial score (nSPS) is 17.7. The van der Waals surface area contributed by atoms with Crippen LogP contribution in [0.3, 0.4) is 0 Å². The number of nitrogens with one attached hydrogen (secondary N) is 3. The second-order valence-electron chi connectivity index (χ2n) is 10.1. The van der Waals surface area contributed by atoms with Gasteiger partial charge in [0.05, 0.1) is 12.1 Å². The Balaban J connectivity index is 1.84. The molecule has 0 radical (unpaired) electrons. The van der Waals surface area contributed by atoms with Gasteiger partial charge in [0, 0.05) is 23.0 Å². The van der Waals surface area contributed by atoms with Crippen molar-refractivity contribution in [3.05, 3.63) is 35.5 Å². The number of fused-ring (bicyclic) bond motifs is 3. The van der Waals surface area contributed by atoms with E-state index in [0.29, 0.717) is 6.42 Å². The molecule has 1 amide bonds. The Morgan fingerprint density at radius 2 is 1.77 bits per heavy atom. The van der Waals surface area contributed by atoms with Gasteiger partial charge in [0.2, 0.25) is 0 Å². The van der Waals surface area contributed by atoms with Crippen molar-refractivity contribution >= 4 is 23.0 Å². The molecule has 0 saturated heterocycles. The van der Waals surface area contributed by atoms with Crippen LogP contribution in [0.4, 0.5) is 4.79 Å². The SMILES string of the molecule is CC(C)(C)OC(=O)CC[C@H](NC(=O)OC(C)(C)C)[C@H]1NCCc2c1[nH]c1ccccc21. The van der Waals surface area contributed by atoms with Gasteiger partial charge in [0.15, 0.2) is 0 Å². The first-order valence-corrected chi connectivity index (χ1v) is 11.0. The number of H-pyrrole nitrogens is 1. The van der Waals surface area contributed by atoms with Gasteiger partial charge in [0.1, 0.15) is 11.2 Å². The minimum absolute atomic E-state index is 0.161. The summed E-state index contributed by atoms with van der Waals surface area (Å²) in [5.74, 6) is -0.281. The van der Waals surface area contributed by atoms with Crippen LogP contribution >= 0.6 is 0 Å². The molecule has 2 atom stereocenters. The van der Waals surface area contributed by atoms with Crippen molar-refractivity contribution < 1.29 is 19.1 Å². The lowest BCUT2D eigenvalue weighted by atomic mass is 9.92. The summed E-state index contributed by atoms with van der Waals surface area (Å²) in [7, 11) is 0. The van der Waals surface area contributed by atoms with E-state index in [4.69, 9.17) is 9.47 Å². The van der Waals surface area contributed by atoms with E-state index in [1.54, 1.807) is 0 Å². The molecule has 2 aromatic rings. The van der Waals surface area contributed by atoms with Gasteiger partial charge >= 0.3 is 12.1 Å². The second-order valence-corrected chi connectivity index (χ2v) is 10.1. The molecule has 3 N–H and O–H groups in total. The number of hydrogen-bond acceptors (Lipinski definition) is 5. The number of aromatic nitrogens is 1. The highest BCUT2D eigenvalue weighted by molar-refractivity contribution is 5.85. The van der Waals surface area contributed by atoms with Crippen molar-refractivity contribution in [2.24, 2.45) is 0 Å². The van der Waals surface area contributed by atoms with Crippen LogP contribution in [0.25, 0.3) is 10.9 Å². The van der Waals surface area contributed by atoms with Crippen molar-refractivity contribution in [1.82, 2.24) is 15.6 Å². The van der Waals surface area contributed by atoms with Crippen LogP contribution in [-0.4, -0.2) is 40.8 Å². The zero-order valence-corrected chi connectivity index (χ0v) is 19.4. The van der Waals surface area contributed by atoms with Crippen LogP contribution < -0.4 is 10.6 Å². The van der Waals surface area contributed by atoms with E-state index >= 15 is 0 Å². The molecule has 170 valence electrons. The third-order valence-corrected chi connectivity index (χ3v) is 5.08. The fourth-order valence-electron chi connectivity index (χ4n) is 4.00. The maximum atomic E-state index is 12.6. The second kappa shape index (κ2) is 8.91. The monoisotopic (exact) mass is 429 g/mol. The first kappa shape index (κ1) is 23.1. The Morgan fingerprint density at radius 1 is 1.10 bits per heavy atom. The molecular weight excluding hydrogens is 394 g/mol. The molecule has 0 saturated carbocycles. The predicted octanol–water partition coefficient (Wildman–Crippen LogP) is 4.37. The lowest BCUT2D eigenvalue weighted by molar-refractivity contribution is -0.155. The third-order valence-electron chi connectivity index (χ3n) is 5.08. The molecule has 1 aliphatic rings. The van der Waals surface area contributed by atoms with E-state index in [-0.39, 0.29) is 24.5 Å². The number of carbonyl (C=O) groups is 2. The maximum Gasteiger partial charge on any atom is 0.407 e. The van der Waals surface area contributed by atoms with Crippen LogP contribution in [-0.2, 0) is 20.7 Å². The average Bonchev–Trinajstić information content (AvgIpc) is 3.01. The fourth-order valence-corrected chi connectivity index (χ4v) is 4.00. The highest BCUT2D eigenvalue weighted by Crippen LogP contribution is 2.32. The molecule has 2 heterocycles. The summed E-state index contributed by atoms with van der Waals surface area (Å²) in [5, 5.41) is 7.72. The van der Waals surface area contributed by atoms with Gasteiger partial charge in [-0.05, 0) is 72.6 Å². The van der Waals surface area contributed by atoms with Crippen molar-refractivity contribution in [1.29, 1.82) is 0 Å². The first-order valence-electron chi connectivity index (χ1n) is 11.0. The Bertz CT molecular complexity index is 936. The molecule has 1 aromatic carbocycles. The highest BCUT2D eigenvalue weighted by atomic mass is 16.6. The Kier molecular flexibility index (Phi) is 6.65. The highest BCUT2D eigenvalue weighted by Gasteiger charge is 2.33. The van der Waals surface area contributed by atoms with Gasteiger partial charge in [-0.3, -0.25) is 4.79 Å². The number of ether oxygens (including phenoxy) is 2. The van der Waals surface area contributed by atoms with Gasteiger partial charge in [-0.2, -0.15) is 0 Å². The van der Waals surface area contributed by atoms with E-state index in [1.807, 2.05) is 53.7 Å². The summed E-state index contributed by atoms with van der Waals surface area (Å²) in [4.78, 5) is 28.5. The van der Waals surface area contributed by atoms with Crippen molar-refractivity contribution in [2.45, 2.75) is 84.1 Å². The molecule has 1 aromatic heterocycles. The number of rotatable bonds is 5. The summed E-state index contributed by atoms with van der Waals surface area (Å²) < 4.78 is 11.0. The number of carbonyl (C=O) groups excluding carboxylic acids is 2. The topological polar surface area (TPSA) is 92.4 Å². The molecule has 0 bridgehead atoms. The minimum Gasteiger partial charge on any atom is -0.460 e. The first-order chi connectivity index (χ1) is 14.4. The summed E-state index contributed by atoms with van der Waals surface area (Å²) >= 11 is 0. The Morgan fingerprint density at radius 3 is 2.45 bits per heavy atom. The molecule has 3 rings (SSSR count). The molecule has 7 heteroatoms. The molecule has 0 aliphatic carbocycles. The summed E-state index contributed by atoms with van der Waals surface area (Å²) in [5.41, 5.74) is 2.24. The largest absolute Gasteiger partial charge is 0.460 e. The van der Waals surface area contributed by atoms with Crippen LogP contribution in [0.5, 0.6) is 0 Å². The van der Waals surface area contributed by atoms with Crippen LogP contribution in [0, 0.1) is 0 Å². The smallest absolute Gasteiger partial charge is 0.407 e. The number of amides is 1. The van der Waals surface area contributed by atoms with Gasteiger partial charge in [-0.1, -0.05) is 18.2 Å². The van der Waals surface area contributed by atoms with Crippen molar-refractivity contribution in [3.8, 4) is 0 Å². The Hall–Kier alpha value is -2.54.